The first-order valence-corrected chi connectivity index (χ1v) is 9.37. The molecule has 0 aromatic carbocycles. The number of imidazole rings is 1. The van der Waals surface area contributed by atoms with Crippen molar-refractivity contribution in [3.05, 3.63) is 24.6 Å². The van der Waals surface area contributed by atoms with E-state index < -0.39 is 32.8 Å². The van der Waals surface area contributed by atoms with Gasteiger partial charge in [-0.1, -0.05) is 0 Å². The maximum absolute atomic E-state index is 11.7. The van der Waals surface area contributed by atoms with Gasteiger partial charge >= 0.3 is 8.25 Å². The zero-order valence-electron chi connectivity index (χ0n) is 14.4. The topological polar surface area (TPSA) is 175 Å². The number of aliphatic hydroxyl groups excluding tert-OH is 2. The standard InChI is InChI=1S/C10H14N5O6P.C4H5FO/c11-8-5-9(13-2-12-8)15(3-14-5)10-7(17)6(16)4(21-10)1-20-22(18)19;5-4-1-2-6-3-4/h2-4,6-7,10,16-17,22H,1H2,(H,18,19)(H2,11,12,13);1H,2-3H2/t4-,6-,7-,10-;/m1./s1. The van der Waals surface area contributed by atoms with E-state index in [1.54, 1.807) is 0 Å². The number of nitrogens with zero attached hydrogens (tertiary/aromatic N) is 4. The summed E-state index contributed by atoms with van der Waals surface area (Å²) in [5.74, 6) is 0.0329. The van der Waals surface area contributed by atoms with Crippen LogP contribution < -0.4 is 5.73 Å². The van der Waals surface area contributed by atoms with Gasteiger partial charge in [-0.2, -0.15) is 0 Å². The van der Waals surface area contributed by atoms with Crippen LogP contribution in [0.15, 0.2) is 24.6 Å². The molecule has 154 valence electrons. The highest BCUT2D eigenvalue weighted by Crippen LogP contribution is 2.33. The van der Waals surface area contributed by atoms with Gasteiger partial charge in [-0.3, -0.25) is 9.13 Å². The lowest BCUT2D eigenvalue weighted by Crippen LogP contribution is -2.33. The predicted octanol–water partition coefficient (Wildman–Crippen LogP) is -0.704. The van der Waals surface area contributed by atoms with E-state index in [2.05, 4.69) is 24.2 Å². The zero-order valence-corrected chi connectivity index (χ0v) is 15.4. The van der Waals surface area contributed by atoms with Gasteiger partial charge in [0.05, 0.1) is 26.1 Å². The van der Waals surface area contributed by atoms with Crippen molar-refractivity contribution in [2.75, 3.05) is 25.6 Å². The number of ether oxygens (including phenoxy) is 2. The molecule has 2 aromatic rings. The number of halogens is 1. The Labute approximate surface area is 158 Å². The number of anilines is 1. The van der Waals surface area contributed by atoms with Gasteiger partial charge in [0, 0.05) is 0 Å². The van der Waals surface area contributed by atoms with Gasteiger partial charge < -0.3 is 34.8 Å². The number of nitrogen functional groups attached to an aromatic ring is 1. The highest BCUT2D eigenvalue weighted by Gasteiger charge is 2.44. The minimum atomic E-state index is -3.15. The summed E-state index contributed by atoms with van der Waals surface area (Å²) in [5, 5.41) is 20.1. The normalized spacial score (nSPS) is 28.1. The summed E-state index contributed by atoms with van der Waals surface area (Å²) in [6, 6.07) is 0. The second kappa shape index (κ2) is 9.01. The predicted molar refractivity (Wildman–Crippen MR) is 92.8 cm³/mol. The lowest BCUT2D eigenvalue weighted by molar-refractivity contribution is -0.0476. The van der Waals surface area contributed by atoms with Crippen molar-refractivity contribution >= 4 is 25.2 Å². The molecule has 4 rings (SSSR count). The molecule has 1 saturated heterocycles. The number of aromatic nitrogens is 4. The smallest absolute Gasteiger partial charge is 0.316 e. The van der Waals surface area contributed by atoms with Crippen LogP contribution in [-0.2, 0) is 18.6 Å². The monoisotopic (exact) mass is 419 g/mol. The fraction of sp³-hybridized carbons (Fsp3) is 0.500. The molecule has 5 N–H and O–H groups in total. The summed E-state index contributed by atoms with van der Waals surface area (Å²) in [6.45, 7) is 0.304. The average Bonchev–Trinajstić information content (AvgIpc) is 3.36. The quantitative estimate of drug-likeness (QED) is 0.461. The molecule has 1 fully saturated rings. The third kappa shape index (κ3) is 4.52. The Morgan fingerprint density at radius 3 is 2.75 bits per heavy atom. The summed E-state index contributed by atoms with van der Waals surface area (Å²) in [7, 11) is -3.15. The molecule has 2 aliphatic heterocycles. The maximum atomic E-state index is 11.7. The van der Waals surface area contributed by atoms with E-state index in [0.717, 1.165) is 0 Å². The first-order valence-electron chi connectivity index (χ1n) is 8.11. The second-order valence-electron chi connectivity index (χ2n) is 5.87. The molecule has 0 saturated carbocycles. The molecule has 28 heavy (non-hydrogen) atoms. The molecular formula is C14H19FN5O7P. The molecule has 0 amide bonds. The van der Waals surface area contributed by atoms with Crippen LogP contribution in [0.2, 0.25) is 0 Å². The van der Waals surface area contributed by atoms with Crippen molar-refractivity contribution in [3.63, 3.8) is 0 Å². The lowest BCUT2D eigenvalue weighted by atomic mass is 10.1. The second-order valence-corrected chi connectivity index (χ2v) is 6.69. The number of hydrogen-bond acceptors (Lipinski definition) is 10. The molecule has 12 nitrogen and oxygen atoms in total. The first-order chi connectivity index (χ1) is 13.4. The van der Waals surface area contributed by atoms with Gasteiger partial charge in [0.2, 0.25) is 0 Å². The Kier molecular flexibility index (Phi) is 6.67. The van der Waals surface area contributed by atoms with Crippen LogP contribution in [0.5, 0.6) is 0 Å². The minimum Gasteiger partial charge on any atom is -0.387 e. The van der Waals surface area contributed by atoms with E-state index in [0.29, 0.717) is 17.8 Å². The van der Waals surface area contributed by atoms with E-state index in [9.17, 15) is 19.2 Å². The summed E-state index contributed by atoms with van der Waals surface area (Å²) in [4.78, 5) is 20.5. The number of nitrogens with two attached hydrogens (primary N) is 1. The van der Waals surface area contributed by atoms with Crippen LogP contribution in [0.1, 0.15) is 6.23 Å². The SMILES string of the molecule is FC1=CCOC1.Nc1ncnc2c1ncn2[C@@H]1O[C@H](CO[PH](=O)O)[C@@H](O)[C@H]1O. The van der Waals surface area contributed by atoms with Gasteiger partial charge in [-0.15, -0.1) is 0 Å². The molecule has 0 spiro atoms. The Hall–Kier alpha value is -1.99. The van der Waals surface area contributed by atoms with Crippen molar-refractivity contribution < 1.29 is 38.1 Å². The van der Waals surface area contributed by atoms with Gasteiger partial charge in [-0.05, 0) is 6.08 Å². The number of fused-ring (bicyclic) bond motifs is 1. The van der Waals surface area contributed by atoms with Crippen molar-refractivity contribution in [3.8, 4) is 0 Å². The summed E-state index contributed by atoms with van der Waals surface area (Å²) in [5.41, 5.74) is 6.35. The fourth-order valence-corrected chi connectivity index (χ4v) is 2.98. The van der Waals surface area contributed by atoms with E-state index in [1.807, 2.05) is 0 Å². The molecule has 5 atom stereocenters. The van der Waals surface area contributed by atoms with Crippen LogP contribution in [0, 0.1) is 0 Å². The summed E-state index contributed by atoms with van der Waals surface area (Å²) >= 11 is 0. The Morgan fingerprint density at radius 2 is 2.14 bits per heavy atom. The average molecular weight is 419 g/mol. The number of aliphatic hydroxyl groups is 2. The van der Waals surface area contributed by atoms with Gasteiger partial charge in [0.15, 0.2) is 17.7 Å². The van der Waals surface area contributed by atoms with Crippen molar-refractivity contribution in [2.24, 2.45) is 0 Å². The highest BCUT2D eigenvalue weighted by atomic mass is 31.1. The molecule has 2 aliphatic rings. The third-order valence-corrected chi connectivity index (χ3v) is 4.45. The largest absolute Gasteiger partial charge is 0.387 e. The maximum Gasteiger partial charge on any atom is 0.316 e. The van der Waals surface area contributed by atoms with Gasteiger partial charge in [-0.25, -0.2) is 19.3 Å². The van der Waals surface area contributed by atoms with Crippen molar-refractivity contribution in [2.45, 2.75) is 24.5 Å². The van der Waals surface area contributed by atoms with Crippen LogP contribution in [-0.4, -0.2) is 72.8 Å². The van der Waals surface area contributed by atoms with Crippen LogP contribution in [0.4, 0.5) is 10.2 Å². The molecule has 0 aliphatic carbocycles. The lowest BCUT2D eigenvalue weighted by Gasteiger charge is -2.16. The molecule has 14 heteroatoms. The van der Waals surface area contributed by atoms with E-state index in [-0.39, 0.29) is 24.9 Å². The van der Waals surface area contributed by atoms with Crippen LogP contribution in [0.25, 0.3) is 11.2 Å². The first kappa shape index (κ1) is 20.7. The molecule has 2 aromatic heterocycles. The Morgan fingerprint density at radius 1 is 1.36 bits per heavy atom. The number of hydrogen-bond donors (Lipinski definition) is 4. The van der Waals surface area contributed by atoms with E-state index >= 15 is 0 Å². The van der Waals surface area contributed by atoms with Crippen molar-refractivity contribution in [1.82, 2.24) is 19.5 Å². The molecule has 1 unspecified atom stereocenters. The van der Waals surface area contributed by atoms with Gasteiger partial charge in [0.25, 0.3) is 0 Å². The molecular weight excluding hydrogens is 400 g/mol. The van der Waals surface area contributed by atoms with Crippen LogP contribution >= 0.6 is 8.25 Å². The minimum absolute atomic E-state index is 0.144. The van der Waals surface area contributed by atoms with Gasteiger partial charge in [0.1, 0.15) is 36.0 Å². The van der Waals surface area contributed by atoms with Crippen molar-refractivity contribution in [1.29, 1.82) is 0 Å². The van der Waals surface area contributed by atoms with Crippen LogP contribution in [0.3, 0.4) is 0 Å². The Balaban J connectivity index is 0.000000320. The van der Waals surface area contributed by atoms with E-state index in [4.69, 9.17) is 15.4 Å². The molecule has 0 radical (unpaired) electrons. The summed E-state index contributed by atoms with van der Waals surface area (Å²) in [6.07, 6.45) is -0.492. The zero-order chi connectivity index (χ0) is 20.3. The number of rotatable bonds is 4. The Bertz CT molecular complexity index is 881. The third-order valence-electron chi connectivity index (χ3n) is 4.03. The molecule has 4 heterocycles. The van der Waals surface area contributed by atoms with E-state index in [1.165, 1.54) is 23.3 Å². The highest BCUT2D eigenvalue weighted by molar-refractivity contribution is 7.32. The summed E-state index contributed by atoms with van der Waals surface area (Å²) < 4.78 is 38.3. The molecule has 0 bridgehead atoms. The fourth-order valence-electron chi connectivity index (χ4n) is 2.67.